The number of hydrogen-bond donors (Lipinski definition) is 2. The van der Waals surface area contributed by atoms with Crippen molar-refractivity contribution in [3.63, 3.8) is 0 Å². The lowest BCUT2D eigenvalue weighted by atomic mass is 9.75. The molecule has 2 aromatic heterocycles. The Morgan fingerprint density at radius 2 is 2.21 bits per heavy atom. The Kier molecular flexibility index (Phi) is 3.06. The summed E-state index contributed by atoms with van der Waals surface area (Å²) < 4.78 is 0. The molecule has 7 heteroatoms. The van der Waals surface area contributed by atoms with Crippen molar-refractivity contribution < 1.29 is 0 Å². The number of aromatic amines is 1. The number of fused-ring (bicyclic) bond motifs is 1. The third-order valence-corrected chi connectivity index (χ3v) is 4.27. The van der Waals surface area contributed by atoms with Gasteiger partial charge in [0.25, 0.3) is 0 Å². The lowest BCUT2D eigenvalue weighted by Crippen LogP contribution is -2.54. The Hall–Kier alpha value is -1.40. The number of anilines is 1. The molecule has 0 radical (unpaired) electrons. The molecule has 1 fully saturated rings. The number of rotatable bonds is 4. The first-order valence-electron chi connectivity index (χ1n) is 6.39. The molecule has 2 heterocycles. The van der Waals surface area contributed by atoms with Gasteiger partial charge in [0.1, 0.15) is 5.82 Å². The van der Waals surface area contributed by atoms with Crippen LogP contribution in [0.4, 0.5) is 5.82 Å². The van der Waals surface area contributed by atoms with Gasteiger partial charge >= 0.3 is 0 Å². The molecule has 0 unspecified atom stereocenters. The number of likely N-dealkylation sites (N-methyl/N-ethyl adjacent to an activating group) is 1. The van der Waals surface area contributed by atoms with Crippen LogP contribution in [0.3, 0.4) is 0 Å². The van der Waals surface area contributed by atoms with Crippen LogP contribution in [0.25, 0.3) is 11.0 Å². The number of nitrogens with one attached hydrogen (secondary N) is 2. The Morgan fingerprint density at radius 3 is 2.84 bits per heavy atom. The van der Waals surface area contributed by atoms with Gasteiger partial charge in [-0.05, 0) is 45.0 Å². The Bertz CT molecular complexity index is 589. The highest BCUT2D eigenvalue weighted by Crippen LogP contribution is 2.36. The minimum atomic E-state index is 0.228. The smallest absolute Gasteiger partial charge is 0.226 e. The van der Waals surface area contributed by atoms with Crippen LogP contribution in [0.15, 0.2) is 6.20 Å². The number of nitrogens with zero attached hydrogens (tertiary/aromatic N) is 4. The molecule has 0 spiro atoms. The second-order valence-electron chi connectivity index (χ2n) is 5.30. The molecule has 2 aromatic rings. The van der Waals surface area contributed by atoms with Gasteiger partial charge in [-0.1, -0.05) is 0 Å². The van der Waals surface area contributed by atoms with E-state index in [4.69, 9.17) is 11.6 Å². The van der Waals surface area contributed by atoms with Crippen LogP contribution in [0, 0.1) is 0 Å². The number of halogens is 1. The summed E-state index contributed by atoms with van der Waals surface area (Å²) in [6.07, 6.45) is 5.42. The maximum atomic E-state index is 5.92. The van der Waals surface area contributed by atoms with Gasteiger partial charge < -0.3 is 10.2 Å². The van der Waals surface area contributed by atoms with Gasteiger partial charge in [0.15, 0.2) is 5.65 Å². The summed E-state index contributed by atoms with van der Waals surface area (Å²) in [4.78, 5) is 10.6. The molecule has 1 aliphatic carbocycles. The van der Waals surface area contributed by atoms with E-state index < -0.39 is 0 Å². The topological polar surface area (TPSA) is 69.7 Å². The summed E-state index contributed by atoms with van der Waals surface area (Å²) in [5.74, 6) is 0.747. The first-order chi connectivity index (χ1) is 9.11. The van der Waals surface area contributed by atoms with Crippen molar-refractivity contribution in [3.8, 4) is 0 Å². The van der Waals surface area contributed by atoms with E-state index in [1.807, 2.05) is 0 Å². The summed E-state index contributed by atoms with van der Waals surface area (Å²) >= 11 is 5.92. The zero-order valence-corrected chi connectivity index (χ0v) is 11.8. The average molecular weight is 281 g/mol. The minimum absolute atomic E-state index is 0.228. The normalized spacial score (nSPS) is 17.7. The van der Waals surface area contributed by atoms with Crippen LogP contribution in [0.1, 0.15) is 19.3 Å². The van der Waals surface area contributed by atoms with Crippen molar-refractivity contribution in [2.45, 2.75) is 24.8 Å². The zero-order valence-electron chi connectivity index (χ0n) is 11.1. The van der Waals surface area contributed by atoms with Gasteiger partial charge in [-0.2, -0.15) is 15.1 Å². The van der Waals surface area contributed by atoms with Crippen LogP contribution in [0.2, 0.25) is 5.28 Å². The van der Waals surface area contributed by atoms with Crippen molar-refractivity contribution in [1.29, 1.82) is 0 Å². The molecule has 102 valence electrons. The van der Waals surface area contributed by atoms with Gasteiger partial charge in [0, 0.05) is 12.1 Å². The predicted molar refractivity (Wildman–Crippen MR) is 75.5 cm³/mol. The van der Waals surface area contributed by atoms with Gasteiger partial charge in [0.2, 0.25) is 5.28 Å². The quantitative estimate of drug-likeness (QED) is 0.837. The van der Waals surface area contributed by atoms with E-state index in [1.54, 1.807) is 6.20 Å². The van der Waals surface area contributed by atoms with Crippen molar-refractivity contribution in [2.24, 2.45) is 0 Å². The molecule has 0 saturated heterocycles. The summed E-state index contributed by atoms with van der Waals surface area (Å²) in [5.41, 5.74) is 0.892. The van der Waals surface area contributed by atoms with Crippen molar-refractivity contribution >= 4 is 28.5 Å². The molecule has 0 bridgehead atoms. The molecule has 0 aromatic carbocycles. The molecular weight excluding hydrogens is 264 g/mol. The maximum absolute atomic E-state index is 5.92. The average Bonchev–Trinajstić information content (AvgIpc) is 2.74. The number of H-pyrrole nitrogens is 1. The van der Waals surface area contributed by atoms with E-state index >= 15 is 0 Å². The van der Waals surface area contributed by atoms with Crippen LogP contribution >= 0.6 is 11.6 Å². The second kappa shape index (κ2) is 4.61. The SMILES string of the molecule is CN(C)C1(CNc2nc(Cl)nc3[nH]ncc23)CCC1. The molecule has 3 rings (SSSR count). The fourth-order valence-corrected chi connectivity index (χ4v) is 2.73. The standard InChI is InChI=1S/C12H17ClN6/c1-19(2)12(4-3-5-12)7-14-9-8-6-15-18-10(8)17-11(13)16-9/h6H,3-5,7H2,1-2H3,(H2,14,15,16,17,18). The molecule has 0 aliphatic heterocycles. The van der Waals surface area contributed by atoms with Crippen molar-refractivity contribution in [1.82, 2.24) is 25.1 Å². The zero-order chi connectivity index (χ0) is 13.5. The Morgan fingerprint density at radius 1 is 1.42 bits per heavy atom. The minimum Gasteiger partial charge on any atom is -0.367 e. The van der Waals surface area contributed by atoms with E-state index in [0.29, 0.717) is 5.65 Å². The van der Waals surface area contributed by atoms with E-state index in [2.05, 4.69) is 44.5 Å². The lowest BCUT2D eigenvalue weighted by molar-refractivity contribution is 0.0738. The van der Waals surface area contributed by atoms with Crippen LogP contribution in [0.5, 0.6) is 0 Å². The highest BCUT2D eigenvalue weighted by molar-refractivity contribution is 6.28. The van der Waals surface area contributed by atoms with Crippen LogP contribution in [-0.4, -0.2) is 51.2 Å². The lowest BCUT2D eigenvalue weighted by Gasteiger charge is -2.47. The van der Waals surface area contributed by atoms with Gasteiger partial charge in [-0.15, -0.1) is 0 Å². The maximum Gasteiger partial charge on any atom is 0.226 e. The van der Waals surface area contributed by atoms with Gasteiger partial charge in [-0.3, -0.25) is 5.10 Å². The van der Waals surface area contributed by atoms with Crippen LogP contribution in [-0.2, 0) is 0 Å². The summed E-state index contributed by atoms with van der Waals surface area (Å²) in [5, 5.41) is 11.3. The fourth-order valence-electron chi connectivity index (χ4n) is 2.56. The van der Waals surface area contributed by atoms with E-state index in [9.17, 15) is 0 Å². The number of hydrogen-bond acceptors (Lipinski definition) is 5. The van der Waals surface area contributed by atoms with E-state index in [-0.39, 0.29) is 10.8 Å². The highest BCUT2D eigenvalue weighted by atomic mass is 35.5. The molecule has 1 aliphatic rings. The number of aromatic nitrogens is 4. The van der Waals surface area contributed by atoms with Gasteiger partial charge in [-0.25, -0.2) is 0 Å². The third kappa shape index (κ3) is 2.15. The molecule has 0 atom stereocenters. The first kappa shape index (κ1) is 12.6. The largest absolute Gasteiger partial charge is 0.367 e. The summed E-state index contributed by atoms with van der Waals surface area (Å²) in [6.45, 7) is 0.855. The molecule has 6 nitrogen and oxygen atoms in total. The van der Waals surface area contributed by atoms with E-state index in [1.165, 1.54) is 19.3 Å². The molecule has 19 heavy (non-hydrogen) atoms. The molecular formula is C12H17ClN6. The highest BCUT2D eigenvalue weighted by Gasteiger charge is 2.38. The van der Waals surface area contributed by atoms with Gasteiger partial charge in [0.05, 0.1) is 11.6 Å². The molecule has 2 N–H and O–H groups in total. The Balaban J connectivity index is 1.83. The van der Waals surface area contributed by atoms with Crippen molar-refractivity contribution in [3.05, 3.63) is 11.5 Å². The third-order valence-electron chi connectivity index (χ3n) is 4.10. The summed E-state index contributed by atoms with van der Waals surface area (Å²) in [6, 6.07) is 0. The van der Waals surface area contributed by atoms with Crippen molar-refractivity contribution in [2.75, 3.05) is 26.0 Å². The Labute approximate surface area is 116 Å². The first-order valence-corrected chi connectivity index (χ1v) is 6.76. The van der Waals surface area contributed by atoms with E-state index in [0.717, 1.165) is 17.7 Å². The fraction of sp³-hybridized carbons (Fsp3) is 0.583. The second-order valence-corrected chi connectivity index (χ2v) is 5.64. The monoisotopic (exact) mass is 280 g/mol. The van der Waals surface area contributed by atoms with Crippen LogP contribution < -0.4 is 5.32 Å². The molecule has 0 amide bonds. The predicted octanol–water partition coefficient (Wildman–Crippen LogP) is 1.90. The summed E-state index contributed by atoms with van der Waals surface area (Å²) in [7, 11) is 4.25. The molecule has 1 saturated carbocycles.